The molecule has 0 fully saturated rings. The molecule has 0 N–H and O–H groups in total. The van der Waals surface area contributed by atoms with Crippen molar-refractivity contribution >= 4 is 17.1 Å². The summed E-state index contributed by atoms with van der Waals surface area (Å²) in [4.78, 5) is 1.93. The summed E-state index contributed by atoms with van der Waals surface area (Å²) in [5.74, 6) is 0. The van der Waals surface area contributed by atoms with Gasteiger partial charge in [0.05, 0.1) is 16.9 Å². The summed E-state index contributed by atoms with van der Waals surface area (Å²) in [5, 5.41) is 0. The zero-order valence-electron chi connectivity index (χ0n) is 34.2. The quantitative estimate of drug-likeness (QED) is 0.144. The number of anilines is 3. The van der Waals surface area contributed by atoms with Crippen LogP contribution in [0.15, 0.2) is 236 Å². The SMILES string of the molecule is [2H]c1c([2H])c(N(c2ccccc2-c2ccccc2)c2ccccc2-c2ccccc2-c2ccccc2-c2ccccc2)c([2H])c([2H])c1-c1ccc(-c2ccccc2)cc1. The Bertz CT molecular complexity index is 2880. The van der Waals surface area contributed by atoms with E-state index in [0.717, 1.165) is 67.0 Å². The molecule has 0 saturated carbocycles. The van der Waals surface area contributed by atoms with Gasteiger partial charge >= 0.3 is 0 Å². The van der Waals surface area contributed by atoms with Crippen molar-refractivity contribution in [3.63, 3.8) is 0 Å². The predicted octanol–water partition coefficient (Wildman–Crippen LogP) is 15.2. The zero-order chi connectivity index (χ0) is 40.3. The summed E-state index contributed by atoms with van der Waals surface area (Å²) in [7, 11) is 0. The molecule has 0 amide bonds. The van der Waals surface area contributed by atoms with Crippen LogP contribution in [0.4, 0.5) is 17.1 Å². The summed E-state index contributed by atoms with van der Waals surface area (Å²) in [6.07, 6.45) is 0. The van der Waals surface area contributed by atoms with Crippen molar-refractivity contribution in [3.05, 3.63) is 236 Å². The molecule has 1 heteroatoms. The molecule has 9 rings (SSSR count). The van der Waals surface area contributed by atoms with Gasteiger partial charge in [-0.2, -0.15) is 0 Å². The lowest BCUT2D eigenvalue weighted by Gasteiger charge is -2.30. The molecule has 0 aliphatic heterocycles. The molecule has 55 heavy (non-hydrogen) atoms. The van der Waals surface area contributed by atoms with Crippen LogP contribution in [0.25, 0.3) is 66.8 Å². The molecule has 0 bridgehead atoms. The van der Waals surface area contributed by atoms with Crippen LogP contribution < -0.4 is 4.90 Å². The fourth-order valence-corrected chi connectivity index (χ4v) is 7.36. The van der Waals surface area contributed by atoms with Crippen LogP contribution in [0, 0.1) is 0 Å². The van der Waals surface area contributed by atoms with Crippen molar-refractivity contribution in [2.24, 2.45) is 0 Å². The molecule has 0 atom stereocenters. The lowest BCUT2D eigenvalue weighted by molar-refractivity contribution is 1.28. The van der Waals surface area contributed by atoms with Crippen LogP contribution in [0.3, 0.4) is 0 Å². The highest BCUT2D eigenvalue weighted by Crippen LogP contribution is 2.47. The van der Waals surface area contributed by atoms with Gasteiger partial charge in [0.15, 0.2) is 0 Å². The molecule has 260 valence electrons. The third-order valence-corrected chi connectivity index (χ3v) is 10.0. The Morgan fingerprint density at radius 3 is 1.11 bits per heavy atom. The standard InChI is InChI=1S/C54H39N/c1-4-18-40(19-5-1)41-32-34-42(35-33-41)43-36-38-46(39-37-43)55(53-30-16-14-25-48(53)45-22-8-3-9-23-45)54-31-17-15-29-52(54)51-28-13-12-27-50(51)49-26-11-10-24-47(49)44-20-6-2-7-21-44/h1-39H/i36D,37D,38D,39D. The topological polar surface area (TPSA) is 3.24 Å². The van der Waals surface area contributed by atoms with Crippen LogP contribution in [0.2, 0.25) is 0 Å². The van der Waals surface area contributed by atoms with E-state index in [9.17, 15) is 5.48 Å². The second-order valence-electron chi connectivity index (χ2n) is 13.4. The molecule has 9 aromatic rings. The van der Waals surface area contributed by atoms with Crippen molar-refractivity contribution in [2.45, 2.75) is 0 Å². The van der Waals surface area contributed by atoms with E-state index in [-0.39, 0.29) is 35.4 Å². The zero-order valence-corrected chi connectivity index (χ0v) is 30.2. The molecule has 0 heterocycles. The number of benzene rings is 9. The molecular weight excluding hydrogens is 663 g/mol. The Hall–Kier alpha value is -7.22. The third kappa shape index (κ3) is 6.88. The maximum atomic E-state index is 9.75. The Balaban J connectivity index is 1.28. The smallest absolute Gasteiger partial charge is 0.0645 e. The van der Waals surface area contributed by atoms with Crippen molar-refractivity contribution in [3.8, 4) is 66.8 Å². The highest BCUT2D eigenvalue weighted by Gasteiger charge is 2.22. The van der Waals surface area contributed by atoms with Crippen molar-refractivity contribution in [1.82, 2.24) is 0 Å². The summed E-state index contributed by atoms with van der Waals surface area (Å²) < 4.78 is 38.5. The molecule has 0 aliphatic carbocycles. The number of rotatable bonds is 9. The van der Waals surface area contributed by atoms with Crippen molar-refractivity contribution in [2.75, 3.05) is 4.90 Å². The van der Waals surface area contributed by atoms with Gasteiger partial charge in [-0.05, 0) is 79.9 Å². The van der Waals surface area contributed by atoms with E-state index in [2.05, 4.69) is 84.9 Å². The second-order valence-corrected chi connectivity index (χ2v) is 13.4. The number of nitrogens with zero attached hydrogens (tertiary/aromatic N) is 1. The molecule has 1 nitrogen and oxygen atoms in total. The molecule has 0 radical (unpaired) electrons. The fourth-order valence-electron chi connectivity index (χ4n) is 7.36. The summed E-state index contributed by atoms with van der Waals surface area (Å²) >= 11 is 0. The average molecular weight is 706 g/mol. The Kier molecular flexibility index (Phi) is 8.19. The minimum Gasteiger partial charge on any atom is -0.309 e. The first-order valence-electron chi connectivity index (χ1n) is 20.5. The summed E-state index contributed by atoms with van der Waals surface area (Å²) in [6.45, 7) is 0. The third-order valence-electron chi connectivity index (χ3n) is 10.0. The van der Waals surface area contributed by atoms with Gasteiger partial charge in [-0.15, -0.1) is 0 Å². The van der Waals surface area contributed by atoms with Gasteiger partial charge in [0.2, 0.25) is 0 Å². The maximum Gasteiger partial charge on any atom is 0.0645 e. The highest BCUT2D eigenvalue weighted by molar-refractivity contribution is 5.99. The van der Waals surface area contributed by atoms with E-state index in [1.807, 2.05) is 132 Å². The Labute approximate surface area is 329 Å². The number of hydrogen-bond acceptors (Lipinski definition) is 1. The first kappa shape index (κ1) is 29.3. The lowest BCUT2D eigenvalue weighted by Crippen LogP contribution is -2.12. The van der Waals surface area contributed by atoms with E-state index in [1.165, 1.54) is 0 Å². The molecule has 0 saturated heterocycles. The minimum atomic E-state index is -0.131. The van der Waals surface area contributed by atoms with E-state index in [0.29, 0.717) is 5.56 Å². The number of para-hydroxylation sites is 2. The van der Waals surface area contributed by atoms with Gasteiger partial charge in [-0.1, -0.05) is 212 Å². The van der Waals surface area contributed by atoms with Gasteiger partial charge in [-0.25, -0.2) is 0 Å². The molecule has 9 aromatic carbocycles. The first-order valence-corrected chi connectivity index (χ1v) is 18.5. The Morgan fingerprint density at radius 1 is 0.236 bits per heavy atom. The monoisotopic (exact) mass is 705 g/mol. The summed E-state index contributed by atoms with van der Waals surface area (Å²) in [6, 6.07) is 70.6. The van der Waals surface area contributed by atoms with Gasteiger partial charge in [0.1, 0.15) is 0 Å². The van der Waals surface area contributed by atoms with Crippen molar-refractivity contribution in [1.29, 1.82) is 0 Å². The fraction of sp³-hybridized carbons (Fsp3) is 0. The van der Waals surface area contributed by atoms with Crippen molar-refractivity contribution < 1.29 is 5.48 Å². The van der Waals surface area contributed by atoms with Crippen LogP contribution in [-0.2, 0) is 0 Å². The first-order chi connectivity index (χ1) is 29.0. The second kappa shape index (κ2) is 15.4. The van der Waals surface area contributed by atoms with Crippen LogP contribution >= 0.6 is 0 Å². The molecule has 0 aliphatic rings. The molecular formula is C54H39N. The minimum absolute atomic E-state index is 0.106. The Morgan fingerprint density at radius 2 is 0.564 bits per heavy atom. The van der Waals surface area contributed by atoms with E-state index in [4.69, 9.17) is 0 Å². The highest BCUT2D eigenvalue weighted by atomic mass is 15.1. The van der Waals surface area contributed by atoms with Crippen LogP contribution in [-0.4, -0.2) is 0 Å². The van der Waals surface area contributed by atoms with E-state index in [1.54, 1.807) is 0 Å². The molecule has 0 spiro atoms. The van der Waals surface area contributed by atoms with Gasteiger partial charge in [-0.3, -0.25) is 0 Å². The molecule has 0 unspecified atom stereocenters. The van der Waals surface area contributed by atoms with Gasteiger partial charge in [0, 0.05) is 16.8 Å². The largest absolute Gasteiger partial charge is 0.309 e. The lowest BCUT2D eigenvalue weighted by atomic mass is 9.88. The van der Waals surface area contributed by atoms with E-state index < -0.39 is 0 Å². The normalized spacial score (nSPS) is 11.9. The molecule has 0 aromatic heterocycles. The van der Waals surface area contributed by atoms with E-state index >= 15 is 0 Å². The predicted molar refractivity (Wildman–Crippen MR) is 234 cm³/mol. The van der Waals surface area contributed by atoms with Crippen LogP contribution in [0.5, 0.6) is 0 Å². The van der Waals surface area contributed by atoms with Crippen LogP contribution in [0.1, 0.15) is 5.48 Å². The van der Waals surface area contributed by atoms with Gasteiger partial charge in [0.25, 0.3) is 0 Å². The maximum absolute atomic E-state index is 9.75. The average Bonchev–Trinajstić information content (AvgIpc) is 3.31. The van der Waals surface area contributed by atoms with Gasteiger partial charge < -0.3 is 4.90 Å². The summed E-state index contributed by atoms with van der Waals surface area (Å²) in [5.41, 5.74) is 12.6. The number of hydrogen-bond donors (Lipinski definition) is 0.